The standard InChI is InChI=1S/C21H21ClN8O/c1-12-4-6-13(7-5-12)16-15-17(23)26-11-27-18(15)30(29-16)21(2,3)10-25-19(31)14-8-9-24-20(22)28-14/h4-9,11H,10H2,1-3H3,(H,25,31)(H2,23,26,27). The zero-order valence-corrected chi connectivity index (χ0v) is 18.1. The van der Waals surface area contributed by atoms with Crippen LogP contribution in [-0.4, -0.2) is 42.2 Å². The zero-order chi connectivity index (χ0) is 22.2. The van der Waals surface area contributed by atoms with E-state index in [0.717, 1.165) is 11.1 Å². The number of carbonyl (C=O) groups is 1. The molecule has 31 heavy (non-hydrogen) atoms. The van der Waals surface area contributed by atoms with Gasteiger partial charge >= 0.3 is 0 Å². The van der Waals surface area contributed by atoms with Crippen molar-refractivity contribution in [3.63, 3.8) is 0 Å². The van der Waals surface area contributed by atoms with Crippen LogP contribution in [-0.2, 0) is 5.54 Å². The molecular weight excluding hydrogens is 416 g/mol. The number of aryl methyl sites for hydroxylation is 1. The van der Waals surface area contributed by atoms with Crippen LogP contribution >= 0.6 is 11.6 Å². The number of nitrogen functional groups attached to an aromatic ring is 1. The summed E-state index contributed by atoms with van der Waals surface area (Å²) in [5.74, 6) is -0.0102. The molecule has 10 heteroatoms. The molecule has 4 rings (SSSR count). The van der Waals surface area contributed by atoms with Crippen molar-refractivity contribution in [2.75, 3.05) is 12.3 Å². The van der Waals surface area contributed by atoms with E-state index in [-0.39, 0.29) is 23.4 Å². The van der Waals surface area contributed by atoms with Crippen LogP contribution in [0.15, 0.2) is 42.9 Å². The normalized spacial score (nSPS) is 11.6. The van der Waals surface area contributed by atoms with E-state index < -0.39 is 5.54 Å². The van der Waals surface area contributed by atoms with Gasteiger partial charge in [-0.05, 0) is 38.4 Å². The first-order valence-corrected chi connectivity index (χ1v) is 9.97. The number of nitrogens with two attached hydrogens (primary N) is 1. The molecule has 0 bridgehead atoms. The van der Waals surface area contributed by atoms with Crippen molar-refractivity contribution in [2.24, 2.45) is 0 Å². The maximum atomic E-state index is 12.5. The Morgan fingerprint density at radius 2 is 1.90 bits per heavy atom. The third-order valence-electron chi connectivity index (χ3n) is 4.93. The molecule has 4 aromatic rings. The predicted octanol–water partition coefficient (Wildman–Crippen LogP) is 2.99. The number of halogens is 1. The number of benzene rings is 1. The highest BCUT2D eigenvalue weighted by Crippen LogP contribution is 2.33. The van der Waals surface area contributed by atoms with Gasteiger partial charge in [0.2, 0.25) is 5.28 Å². The minimum Gasteiger partial charge on any atom is -0.383 e. The minimum absolute atomic E-state index is 0.0138. The van der Waals surface area contributed by atoms with Crippen LogP contribution in [0.5, 0.6) is 0 Å². The molecule has 158 valence electrons. The summed E-state index contributed by atoms with van der Waals surface area (Å²) in [4.78, 5) is 28.8. The van der Waals surface area contributed by atoms with Gasteiger partial charge in [-0.25, -0.2) is 24.6 Å². The first-order chi connectivity index (χ1) is 14.8. The quantitative estimate of drug-likeness (QED) is 0.460. The number of rotatable bonds is 5. The van der Waals surface area contributed by atoms with Gasteiger partial charge in [-0.3, -0.25) is 4.79 Å². The number of amides is 1. The summed E-state index contributed by atoms with van der Waals surface area (Å²) in [5.41, 5.74) is 9.08. The van der Waals surface area contributed by atoms with Crippen molar-refractivity contribution in [3.05, 3.63) is 59.4 Å². The first kappa shape index (κ1) is 20.7. The van der Waals surface area contributed by atoms with Gasteiger partial charge in [0.25, 0.3) is 5.91 Å². The summed E-state index contributed by atoms with van der Waals surface area (Å²) in [7, 11) is 0. The summed E-state index contributed by atoms with van der Waals surface area (Å²) < 4.78 is 1.77. The molecule has 0 spiro atoms. The average molecular weight is 437 g/mol. The van der Waals surface area contributed by atoms with Crippen molar-refractivity contribution >= 4 is 34.4 Å². The Morgan fingerprint density at radius 3 is 2.61 bits per heavy atom. The van der Waals surface area contributed by atoms with E-state index in [1.165, 1.54) is 18.6 Å². The summed E-state index contributed by atoms with van der Waals surface area (Å²) in [6.07, 6.45) is 2.84. The second-order valence-electron chi connectivity index (χ2n) is 7.79. The van der Waals surface area contributed by atoms with Crippen LogP contribution < -0.4 is 11.1 Å². The Balaban J connectivity index is 1.70. The fraction of sp³-hybridized carbons (Fsp3) is 0.238. The number of nitrogens with zero attached hydrogens (tertiary/aromatic N) is 6. The van der Waals surface area contributed by atoms with Crippen LogP contribution in [0.3, 0.4) is 0 Å². The Hall–Kier alpha value is -3.59. The first-order valence-electron chi connectivity index (χ1n) is 9.60. The summed E-state index contributed by atoms with van der Waals surface area (Å²) in [6, 6.07) is 9.50. The van der Waals surface area contributed by atoms with Gasteiger partial charge in [-0.1, -0.05) is 29.8 Å². The predicted molar refractivity (Wildman–Crippen MR) is 119 cm³/mol. The SMILES string of the molecule is Cc1ccc(-c2nn(C(C)(C)CNC(=O)c3ccnc(Cl)n3)c3ncnc(N)c23)cc1. The lowest BCUT2D eigenvalue weighted by Crippen LogP contribution is -2.41. The van der Waals surface area contributed by atoms with Crippen molar-refractivity contribution < 1.29 is 4.79 Å². The molecule has 3 heterocycles. The molecule has 0 atom stereocenters. The second kappa shape index (κ2) is 7.92. The molecule has 1 aromatic carbocycles. The molecule has 1 amide bonds. The smallest absolute Gasteiger partial charge is 0.270 e. The van der Waals surface area contributed by atoms with Crippen LogP contribution in [0.4, 0.5) is 5.82 Å². The Bertz CT molecular complexity index is 1270. The minimum atomic E-state index is -0.630. The highest BCUT2D eigenvalue weighted by molar-refractivity contribution is 6.28. The van der Waals surface area contributed by atoms with E-state index in [1.54, 1.807) is 4.68 Å². The maximum Gasteiger partial charge on any atom is 0.270 e. The van der Waals surface area contributed by atoms with Gasteiger partial charge in [0.05, 0.1) is 10.9 Å². The number of anilines is 1. The summed E-state index contributed by atoms with van der Waals surface area (Å²) in [5, 5.41) is 8.39. The Kier molecular flexibility index (Phi) is 5.28. The maximum absolute atomic E-state index is 12.5. The molecule has 0 fully saturated rings. The van der Waals surface area contributed by atoms with Crippen LogP contribution in [0.2, 0.25) is 5.28 Å². The second-order valence-corrected chi connectivity index (χ2v) is 8.13. The number of fused-ring (bicyclic) bond motifs is 1. The number of hydrogen-bond donors (Lipinski definition) is 2. The fourth-order valence-electron chi connectivity index (χ4n) is 3.23. The lowest BCUT2D eigenvalue weighted by atomic mass is 10.1. The van der Waals surface area contributed by atoms with E-state index in [4.69, 9.17) is 22.4 Å². The van der Waals surface area contributed by atoms with E-state index in [1.807, 2.05) is 45.0 Å². The number of carbonyl (C=O) groups excluding carboxylic acids is 1. The molecule has 0 saturated carbocycles. The Labute approximate surface area is 183 Å². The molecule has 0 unspecified atom stereocenters. The van der Waals surface area contributed by atoms with Gasteiger partial charge < -0.3 is 11.1 Å². The lowest BCUT2D eigenvalue weighted by molar-refractivity contribution is 0.0931. The van der Waals surface area contributed by atoms with Crippen LogP contribution in [0, 0.1) is 6.92 Å². The zero-order valence-electron chi connectivity index (χ0n) is 17.3. The van der Waals surface area contributed by atoms with Crippen LogP contribution in [0.25, 0.3) is 22.3 Å². The van der Waals surface area contributed by atoms with Crippen molar-refractivity contribution in [1.29, 1.82) is 0 Å². The molecule has 0 aliphatic carbocycles. The number of aromatic nitrogens is 6. The summed E-state index contributed by atoms with van der Waals surface area (Å²) >= 11 is 5.78. The van der Waals surface area contributed by atoms with Crippen LogP contribution in [0.1, 0.15) is 29.9 Å². The monoisotopic (exact) mass is 436 g/mol. The van der Waals surface area contributed by atoms with Crippen molar-refractivity contribution in [1.82, 2.24) is 35.0 Å². The third-order valence-corrected chi connectivity index (χ3v) is 5.11. The molecule has 3 aromatic heterocycles. The average Bonchev–Trinajstić information content (AvgIpc) is 3.15. The van der Waals surface area contributed by atoms with Gasteiger partial charge in [0, 0.05) is 18.3 Å². The fourth-order valence-corrected chi connectivity index (χ4v) is 3.38. The third kappa shape index (κ3) is 4.04. The highest BCUT2D eigenvalue weighted by Gasteiger charge is 2.28. The Morgan fingerprint density at radius 1 is 1.16 bits per heavy atom. The molecule has 0 saturated heterocycles. The lowest BCUT2D eigenvalue weighted by Gasteiger charge is -2.26. The topological polar surface area (TPSA) is 124 Å². The molecule has 3 N–H and O–H groups in total. The molecule has 0 radical (unpaired) electrons. The number of nitrogens with one attached hydrogen (secondary N) is 1. The van der Waals surface area contributed by atoms with E-state index in [2.05, 4.69) is 25.3 Å². The summed E-state index contributed by atoms with van der Waals surface area (Å²) in [6.45, 7) is 6.18. The molecular formula is C21H21ClN8O. The molecule has 0 aliphatic rings. The van der Waals surface area contributed by atoms with Gasteiger partial charge in [-0.2, -0.15) is 5.10 Å². The van der Waals surface area contributed by atoms with E-state index in [9.17, 15) is 4.79 Å². The van der Waals surface area contributed by atoms with Crippen molar-refractivity contribution in [2.45, 2.75) is 26.3 Å². The van der Waals surface area contributed by atoms with E-state index >= 15 is 0 Å². The molecule has 9 nitrogen and oxygen atoms in total. The number of hydrogen-bond acceptors (Lipinski definition) is 7. The van der Waals surface area contributed by atoms with Gasteiger partial charge in [0.1, 0.15) is 23.5 Å². The molecule has 0 aliphatic heterocycles. The van der Waals surface area contributed by atoms with Gasteiger partial charge in [0.15, 0.2) is 5.65 Å². The van der Waals surface area contributed by atoms with Gasteiger partial charge in [-0.15, -0.1) is 0 Å². The highest BCUT2D eigenvalue weighted by atomic mass is 35.5. The van der Waals surface area contributed by atoms with Crippen molar-refractivity contribution in [3.8, 4) is 11.3 Å². The largest absolute Gasteiger partial charge is 0.383 e. The van der Waals surface area contributed by atoms with E-state index in [0.29, 0.717) is 22.5 Å².